The molecule has 0 spiro atoms. The van der Waals surface area contributed by atoms with Crippen molar-refractivity contribution < 1.29 is 11.3 Å². The fourth-order valence-electron chi connectivity index (χ4n) is 7.46. The van der Waals surface area contributed by atoms with Crippen LogP contribution in [0, 0.1) is 0 Å². The lowest BCUT2D eigenvalue weighted by atomic mass is 9.86. The van der Waals surface area contributed by atoms with Crippen LogP contribution in [0.25, 0.3) is 98.8 Å². The van der Waals surface area contributed by atoms with Crippen molar-refractivity contribution in [3.05, 3.63) is 170 Å². The van der Waals surface area contributed by atoms with Crippen molar-refractivity contribution >= 4 is 54.3 Å². The predicted octanol–water partition coefficient (Wildman–Crippen LogP) is 13.2. The van der Waals surface area contributed by atoms with Gasteiger partial charge in [-0.1, -0.05) is 164 Å². The van der Waals surface area contributed by atoms with Gasteiger partial charge in [0.05, 0.1) is 6.85 Å². The maximum absolute atomic E-state index is 8.75. The van der Waals surface area contributed by atoms with Gasteiger partial charge in [0.1, 0.15) is 11.2 Å². The molecule has 1 aromatic heterocycles. The Morgan fingerprint density at radius 1 is 0.340 bits per heavy atom. The monoisotopic (exact) mass is 601 g/mol. The molecule has 218 valence electrons. The summed E-state index contributed by atoms with van der Waals surface area (Å²) < 4.78 is 49.3. The third-order valence-electron chi connectivity index (χ3n) is 9.54. The zero-order chi connectivity index (χ0) is 35.2. The molecule has 10 aromatic rings. The Hall–Kier alpha value is -6.18. The highest BCUT2D eigenvalue weighted by atomic mass is 16.3. The molecule has 0 atom stereocenters. The summed E-state index contributed by atoms with van der Waals surface area (Å²) in [6.07, 6.45) is 0. The van der Waals surface area contributed by atoms with Crippen LogP contribution in [-0.2, 0) is 0 Å². The van der Waals surface area contributed by atoms with Crippen LogP contribution in [0.3, 0.4) is 0 Å². The second kappa shape index (κ2) is 10.2. The molecule has 0 bridgehead atoms. The smallest absolute Gasteiger partial charge is 0.143 e. The minimum absolute atomic E-state index is 0.204. The van der Waals surface area contributed by atoms with Crippen molar-refractivity contribution in [1.29, 1.82) is 0 Å². The molecule has 1 heteroatoms. The fraction of sp³-hybridized carbons (Fsp3) is 0. The molecule has 10 rings (SSSR count). The molecule has 9 aromatic carbocycles. The van der Waals surface area contributed by atoms with Crippen LogP contribution in [0.1, 0.15) is 6.85 Å². The van der Waals surface area contributed by atoms with Gasteiger partial charge in [-0.25, -0.2) is 0 Å². The molecule has 0 aliphatic rings. The summed E-state index contributed by atoms with van der Waals surface area (Å²) >= 11 is 0. The first kappa shape index (κ1) is 21.5. The number of hydrogen-bond donors (Lipinski definition) is 0. The summed E-state index contributed by atoms with van der Waals surface area (Å²) in [5.41, 5.74) is 8.85. The zero-order valence-electron chi connectivity index (χ0n) is 30.2. The standard InChI is InChI=1S/C46H28O/c1-4-11-29(12-5-1)34-23-19-32-22-26-39-37(24-20-33-21-25-38(34)42(32)43(33)39)40-28-27-36(31-15-8-3-9-16-31)46-44(40)41-18-10-17-35(45(41)47-46)30-13-6-2-7-14-30/h1-28H/i1D,4D,5D,11D,12D. The number of fused-ring (bicyclic) bond motifs is 3. The summed E-state index contributed by atoms with van der Waals surface area (Å²) in [4.78, 5) is 0. The lowest BCUT2D eigenvalue weighted by Gasteiger charge is -2.17. The van der Waals surface area contributed by atoms with E-state index in [0.29, 0.717) is 5.56 Å². The Bertz CT molecular complexity index is 3030. The average Bonchev–Trinajstić information content (AvgIpc) is 3.59. The van der Waals surface area contributed by atoms with E-state index in [1.165, 1.54) is 0 Å². The van der Waals surface area contributed by atoms with Crippen molar-refractivity contribution in [2.75, 3.05) is 0 Å². The quantitative estimate of drug-likeness (QED) is 0.183. The van der Waals surface area contributed by atoms with Crippen molar-refractivity contribution in [3.63, 3.8) is 0 Å². The molecular formula is C46H28O. The van der Waals surface area contributed by atoms with Crippen molar-refractivity contribution in [3.8, 4) is 44.5 Å². The van der Waals surface area contributed by atoms with E-state index in [0.717, 1.165) is 87.6 Å². The molecule has 0 fully saturated rings. The van der Waals surface area contributed by atoms with Crippen LogP contribution < -0.4 is 0 Å². The molecule has 1 heterocycles. The maximum atomic E-state index is 8.75. The molecular weight excluding hydrogens is 569 g/mol. The molecule has 0 aliphatic carbocycles. The average molecular weight is 602 g/mol. The largest absolute Gasteiger partial charge is 0.455 e. The van der Waals surface area contributed by atoms with E-state index in [4.69, 9.17) is 11.3 Å². The molecule has 0 N–H and O–H groups in total. The topological polar surface area (TPSA) is 13.1 Å². The van der Waals surface area contributed by atoms with Gasteiger partial charge < -0.3 is 4.42 Å². The van der Waals surface area contributed by atoms with Gasteiger partial charge in [0, 0.05) is 21.9 Å². The van der Waals surface area contributed by atoms with Crippen LogP contribution >= 0.6 is 0 Å². The Kier molecular flexibility index (Phi) is 4.66. The Balaban J connectivity index is 1.29. The lowest BCUT2D eigenvalue weighted by Crippen LogP contribution is -1.90. The number of furan rings is 1. The van der Waals surface area contributed by atoms with Crippen LogP contribution in [0.4, 0.5) is 0 Å². The van der Waals surface area contributed by atoms with Crippen LogP contribution in [0.15, 0.2) is 174 Å². The number of rotatable bonds is 4. The number of benzene rings is 9. The first-order valence-electron chi connectivity index (χ1n) is 18.3. The zero-order valence-corrected chi connectivity index (χ0v) is 25.2. The molecule has 0 amide bonds. The van der Waals surface area contributed by atoms with Crippen LogP contribution in [-0.4, -0.2) is 0 Å². The van der Waals surface area contributed by atoms with Crippen LogP contribution in [0.2, 0.25) is 0 Å². The van der Waals surface area contributed by atoms with E-state index in [1.807, 2.05) is 54.6 Å². The Labute approximate surface area is 279 Å². The SMILES string of the molecule is [2H]c1c([2H])c([2H])c(-c2ccc3ccc4c(-c5ccc(-c6ccccc6)c6oc7c(-c8ccccc8)cccc7c56)ccc5ccc2c3c54)c([2H])c1[2H]. The van der Waals surface area contributed by atoms with Gasteiger partial charge in [-0.2, -0.15) is 0 Å². The summed E-state index contributed by atoms with van der Waals surface area (Å²) in [7, 11) is 0. The molecule has 0 saturated heterocycles. The Morgan fingerprint density at radius 3 is 1.57 bits per heavy atom. The van der Waals surface area contributed by atoms with Crippen molar-refractivity contribution in [1.82, 2.24) is 0 Å². The van der Waals surface area contributed by atoms with E-state index >= 15 is 0 Å². The van der Waals surface area contributed by atoms with Gasteiger partial charge in [-0.05, 0) is 71.8 Å². The van der Waals surface area contributed by atoms with E-state index in [9.17, 15) is 0 Å². The van der Waals surface area contributed by atoms with Crippen LogP contribution in [0.5, 0.6) is 0 Å². The number of hydrogen-bond acceptors (Lipinski definition) is 1. The molecule has 47 heavy (non-hydrogen) atoms. The second-order valence-electron chi connectivity index (χ2n) is 12.0. The van der Waals surface area contributed by atoms with E-state index < -0.39 is 6.04 Å². The van der Waals surface area contributed by atoms with E-state index in [-0.39, 0.29) is 29.7 Å². The highest BCUT2D eigenvalue weighted by Crippen LogP contribution is 2.47. The molecule has 1 nitrogen and oxygen atoms in total. The summed E-state index contributed by atoms with van der Waals surface area (Å²) in [6.45, 7) is 0. The third kappa shape index (κ3) is 3.90. The van der Waals surface area contributed by atoms with Gasteiger partial charge in [0.15, 0.2) is 0 Å². The van der Waals surface area contributed by atoms with Gasteiger partial charge in [0.25, 0.3) is 0 Å². The first-order chi connectivity index (χ1) is 25.4. The maximum Gasteiger partial charge on any atom is 0.143 e. The molecule has 0 saturated carbocycles. The van der Waals surface area contributed by atoms with Gasteiger partial charge >= 0.3 is 0 Å². The van der Waals surface area contributed by atoms with Gasteiger partial charge in [0.2, 0.25) is 0 Å². The number of para-hydroxylation sites is 1. The highest BCUT2D eigenvalue weighted by molar-refractivity contribution is 6.29. The lowest BCUT2D eigenvalue weighted by molar-refractivity contribution is 0.671. The van der Waals surface area contributed by atoms with E-state index in [2.05, 4.69) is 84.9 Å². The molecule has 0 radical (unpaired) electrons. The second-order valence-corrected chi connectivity index (χ2v) is 12.0. The van der Waals surface area contributed by atoms with Crippen molar-refractivity contribution in [2.45, 2.75) is 0 Å². The third-order valence-corrected chi connectivity index (χ3v) is 9.54. The van der Waals surface area contributed by atoms with Crippen molar-refractivity contribution in [2.24, 2.45) is 0 Å². The normalized spacial score (nSPS) is 13.3. The van der Waals surface area contributed by atoms with E-state index in [1.54, 1.807) is 0 Å². The van der Waals surface area contributed by atoms with Gasteiger partial charge in [-0.15, -0.1) is 0 Å². The summed E-state index contributed by atoms with van der Waals surface area (Å²) in [5.74, 6) is 0. The Morgan fingerprint density at radius 2 is 0.894 bits per heavy atom. The molecule has 0 aliphatic heterocycles. The minimum Gasteiger partial charge on any atom is -0.455 e. The van der Waals surface area contributed by atoms with Gasteiger partial charge in [-0.3, -0.25) is 0 Å². The molecule has 0 unspecified atom stereocenters. The minimum atomic E-state index is -0.395. The summed E-state index contributed by atoms with van der Waals surface area (Å²) in [6, 6.07) is 46.5. The summed E-state index contributed by atoms with van der Waals surface area (Å²) in [5, 5.41) is 8.15. The first-order valence-corrected chi connectivity index (χ1v) is 15.8. The highest BCUT2D eigenvalue weighted by Gasteiger charge is 2.22. The fourth-order valence-corrected chi connectivity index (χ4v) is 7.46. The predicted molar refractivity (Wildman–Crippen MR) is 199 cm³/mol.